The molecule has 0 spiro atoms. The van der Waals surface area contributed by atoms with Crippen molar-refractivity contribution >= 4 is 11.6 Å². The fourth-order valence-corrected chi connectivity index (χ4v) is 2.24. The second-order valence-electron chi connectivity index (χ2n) is 4.98. The molecule has 1 fully saturated rings. The zero-order valence-corrected chi connectivity index (χ0v) is 10.9. The van der Waals surface area contributed by atoms with Crippen LogP contribution in [0.3, 0.4) is 0 Å². The maximum Gasteiger partial charge on any atom is 0.253 e. The number of aryl methyl sites for hydroxylation is 1. The van der Waals surface area contributed by atoms with Gasteiger partial charge in [0.1, 0.15) is 0 Å². The summed E-state index contributed by atoms with van der Waals surface area (Å²) in [5.74, 6) is 0.299. The molecule has 0 saturated carbocycles. The van der Waals surface area contributed by atoms with Gasteiger partial charge in [0.2, 0.25) is 0 Å². The molecular weight excluding hydrogens is 228 g/mol. The van der Waals surface area contributed by atoms with Gasteiger partial charge in [-0.3, -0.25) is 4.79 Å². The summed E-state index contributed by atoms with van der Waals surface area (Å²) < 4.78 is 5.33. The number of hydrogen-bond donors (Lipinski definition) is 2. The molecule has 0 aliphatic carbocycles. The predicted octanol–water partition coefficient (Wildman–Crippen LogP) is 1.73. The van der Waals surface area contributed by atoms with Crippen molar-refractivity contribution in [1.82, 2.24) is 5.32 Å². The van der Waals surface area contributed by atoms with Crippen LogP contribution >= 0.6 is 0 Å². The lowest BCUT2D eigenvalue weighted by molar-refractivity contribution is 0.0923. The van der Waals surface area contributed by atoms with Gasteiger partial charge in [-0.15, -0.1) is 0 Å². The molecule has 2 atom stereocenters. The van der Waals surface area contributed by atoms with Gasteiger partial charge in [0.05, 0.1) is 12.2 Å². The van der Waals surface area contributed by atoms with E-state index in [2.05, 4.69) is 5.32 Å². The lowest BCUT2D eigenvalue weighted by atomic mass is 10.00. The third kappa shape index (κ3) is 2.82. The molecule has 1 heterocycles. The van der Waals surface area contributed by atoms with E-state index in [0.717, 1.165) is 25.2 Å². The van der Waals surface area contributed by atoms with Gasteiger partial charge in [0.15, 0.2) is 0 Å². The predicted molar refractivity (Wildman–Crippen MR) is 71.4 cm³/mol. The Morgan fingerprint density at radius 1 is 1.56 bits per heavy atom. The van der Waals surface area contributed by atoms with Crippen LogP contribution in [0.15, 0.2) is 18.2 Å². The molecular formula is C14H20N2O2. The standard InChI is InChI=1S/C14H20N2O2/c1-9-3-4-12(13(15)7-9)14(17)16-10(2)11-5-6-18-8-11/h3-4,7,10-11H,5-6,8,15H2,1-2H3,(H,16,17). The van der Waals surface area contributed by atoms with Gasteiger partial charge >= 0.3 is 0 Å². The van der Waals surface area contributed by atoms with Gasteiger partial charge in [-0.05, 0) is 38.0 Å². The SMILES string of the molecule is Cc1ccc(C(=O)NC(C)C2CCOC2)c(N)c1. The van der Waals surface area contributed by atoms with Crippen LogP contribution in [0, 0.1) is 12.8 Å². The Balaban J connectivity index is 2.02. The summed E-state index contributed by atoms with van der Waals surface area (Å²) in [5, 5.41) is 3.00. The minimum absolute atomic E-state index is 0.105. The largest absolute Gasteiger partial charge is 0.398 e. The summed E-state index contributed by atoms with van der Waals surface area (Å²) in [7, 11) is 0. The molecule has 2 unspecified atom stereocenters. The van der Waals surface area contributed by atoms with Crippen molar-refractivity contribution in [3.8, 4) is 0 Å². The summed E-state index contributed by atoms with van der Waals surface area (Å²) in [6.45, 7) is 5.49. The molecule has 98 valence electrons. The molecule has 4 nitrogen and oxygen atoms in total. The first-order valence-electron chi connectivity index (χ1n) is 6.32. The monoisotopic (exact) mass is 248 g/mol. The lowest BCUT2D eigenvalue weighted by Gasteiger charge is -2.19. The van der Waals surface area contributed by atoms with Crippen LogP contribution in [0.25, 0.3) is 0 Å². The Morgan fingerprint density at radius 2 is 2.33 bits per heavy atom. The summed E-state index contributed by atoms with van der Waals surface area (Å²) in [5.41, 5.74) is 8.00. The molecule has 1 aliphatic rings. The number of rotatable bonds is 3. The Morgan fingerprint density at radius 3 is 2.94 bits per heavy atom. The van der Waals surface area contributed by atoms with Crippen LogP contribution in [0.5, 0.6) is 0 Å². The van der Waals surface area contributed by atoms with E-state index in [1.807, 2.05) is 26.0 Å². The lowest BCUT2D eigenvalue weighted by Crippen LogP contribution is -2.38. The minimum Gasteiger partial charge on any atom is -0.398 e. The Labute approximate surface area is 108 Å². The minimum atomic E-state index is -0.105. The molecule has 3 N–H and O–H groups in total. The second-order valence-corrected chi connectivity index (χ2v) is 4.98. The Hall–Kier alpha value is -1.55. The Bertz CT molecular complexity index is 439. The normalized spacial score (nSPS) is 20.7. The molecule has 18 heavy (non-hydrogen) atoms. The molecule has 4 heteroatoms. The quantitative estimate of drug-likeness (QED) is 0.801. The number of nitrogens with two attached hydrogens (primary N) is 1. The van der Waals surface area contributed by atoms with E-state index in [-0.39, 0.29) is 11.9 Å². The van der Waals surface area contributed by atoms with Crippen LogP contribution in [0.1, 0.15) is 29.3 Å². The van der Waals surface area contributed by atoms with Crippen LogP contribution in [0.4, 0.5) is 5.69 Å². The van der Waals surface area contributed by atoms with Gasteiger partial charge in [0.25, 0.3) is 5.91 Å². The first-order valence-corrected chi connectivity index (χ1v) is 6.32. The van der Waals surface area contributed by atoms with Gasteiger partial charge in [0, 0.05) is 24.3 Å². The van der Waals surface area contributed by atoms with Crippen molar-refractivity contribution in [1.29, 1.82) is 0 Å². The average Bonchev–Trinajstić information content (AvgIpc) is 2.81. The summed E-state index contributed by atoms with van der Waals surface area (Å²) in [6.07, 6.45) is 1.00. The van der Waals surface area contributed by atoms with Gasteiger partial charge in [-0.2, -0.15) is 0 Å². The fourth-order valence-electron chi connectivity index (χ4n) is 2.24. The number of nitrogens with one attached hydrogen (secondary N) is 1. The number of hydrogen-bond acceptors (Lipinski definition) is 3. The van der Waals surface area contributed by atoms with Crippen molar-refractivity contribution in [3.05, 3.63) is 29.3 Å². The van der Waals surface area contributed by atoms with E-state index in [4.69, 9.17) is 10.5 Å². The third-order valence-corrected chi connectivity index (χ3v) is 3.48. The topological polar surface area (TPSA) is 64.3 Å². The molecule has 0 radical (unpaired) electrons. The first-order chi connectivity index (χ1) is 8.58. The Kier molecular flexibility index (Phi) is 3.87. The van der Waals surface area contributed by atoms with Crippen molar-refractivity contribution in [3.63, 3.8) is 0 Å². The van der Waals surface area contributed by atoms with Gasteiger partial charge in [-0.25, -0.2) is 0 Å². The second kappa shape index (κ2) is 5.40. The number of anilines is 1. The maximum absolute atomic E-state index is 12.1. The van der Waals surface area contributed by atoms with Crippen LogP contribution in [-0.4, -0.2) is 25.2 Å². The molecule has 1 aliphatic heterocycles. The number of amides is 1. The molecule has 2 rings (SSSR count). The van der Waals surface area contributed by atoms with Crippen LogP contribution in [-0.2, 0) is 4.74 Å². The third-order valence-electron chi connectivity index (χ3n) is 3.48. The zero-order valence-electron chi connectivity index (χ0n) is 10.9. The maximum atomic E-state index is 12.1. The summed E-state index contributed by atoms with van der Waals surface area (Å²) >= 11 is 0. The van der Waals surface area contributed by atoms with Crippen molar-refractivity contribution < 1.29 is 9.53 Å². The summed E-state index contributed by atoms with van der Waals surface area (Å²) in [6, 6.07) is 5.60. The number of benzene rings is 1. The molecule has 1 aromatic carbocycles. The molecule has 0 bridgehead atoms. The highest BCUT2D eigenvalue weighted by molar-refractivity contribution is 5.99. The van der Waals surface area contributed by atoms with Crippen molar-refractivity contribution in [2.75, 3.05) is 18.9 Å². The van der Waals surface area contributed by atoms with Crippen molar-refractivity contribution in [2.45, 2.75) is 26.3 Å². The molecule has 1 aromatic rings. The van der Waals surface area contributed by atoms with E-state index >= 15 is 0 Å². The number of nitrogen functional groups attached to an aromatic ring is 1. The summed E-state index contributed by atoms with van der Waals surface area (Å²) in [4.78, 5) is 12.1. The fraction of sp³-hybridized carbons (Fsp3) is 0.500. The number of carbonyl (C=O) groups excluding carboxylic acids is 1. The van der Waals surface area contributed by atoms with E-state index < -0.39 is 0 Å². The number of ether oxygens (including phenoxy) is 1. The smallest absolute Gasteiger partial charge is 0.253 e. The van der Waals surface area contributed by atoms with Gasteiger partial charge in [-0.1, -0.05) is 6.07 Å². The zero-order chi connectivity index (χ0) is 13.1. The molecule has 1 amide bonds. The molecule has 0 aromatic heterocycles. The van der Waals surface area contributed by atoms with Crippen LogP contribution < -0.4 is 11.1 Å². The number of carbonyl (C=O) groups is 1. The van der Waals surface area contributed by atoms with Crippen molar-refractivity contribution in [2.24, 2.45) is 5.92 Å². The first kappa shape index (κ1) is 12.9. The van der Waals surface area contributed by atoms with Crippen LogP contribution in [0.2, 0.25) is 0 Å². The molecule has 1 saturated heterocycles. The highest BCUT2D eigenvalue weighted by Gasteiger charge is 2.24. The van der Waals surface area contributed by atoms with E-state index in [1.54, 1.807) is 6.07 Å². The van der Waals surface area contributed by atoms with E-state index in [9.17, 15) is 4.79 Å². The highest BCUT2D eigenvalue weighted by atomic mass is 16.5. The average molecular weight is 248 g/mol. The highest BCUT2D eigenvalue weighted by Crippen LogP contribution is 2.18. The van der Waals surface area contributed by atoms with E-state index in [0.29, 0.717) is 17.2 Å². The van der Waals surface area contributed by atoms with E-state index in [1.165, 1.54) is 0 Å². The van der Waals surface area contributed by atoms with Gasteiger partial charge < -0.3 is 15.8 Å².